The fourth-order valence-corrected chi connectivity index (χ4v) is 0.453. The lowest BCUT2D eigenvalue weighted by molar-refractivity contribution is 0.460. The lowest BCUT2D eigenvalue weighted by Crippen LogP contribution is -1.61. The van der Waals surface area contributed by atoms with Gasteiger partial charge in [-0.25, -0.2) is 0 Å². The maximum absolute atomic E-state index is 8.65. The molecule has 0 heterocycles. The van der Waals surface area contributed by atoms with Crippen LogP contribution in [0.25, 0.3) is 0 Å². The molecule has 1 atom stereocenters. The van der Waals surface area contributed by atoms with Crippen LogP contribution in [0.15, 0.2) is 24.3 Å². The van der Waals surface area contributed by atoms with E-state index in [1.165, 1.54) is 24.3 Å². The highest BCUT2D eigenvalue weighted by molar-refractivity contribution is 6.92. The molecule has 0 aliphatic carbocycles. The normalized spacial score (nSPS) is 8.00. The predicted molar refractivity (Wildman–Crippen MR) is 40.9 cm³/mol. The minimum absolute atomic E-state index is 0. The van der Waals surface area contributed by atoms with E-state index in [1.54, 1.807) is 0 Å². The van der Waals surface area contributed by atoms with Gasteiger partial charge in [-0.3, -0.25) is 0 Å². The first-order valence-corrected chi connectivity index (χ1v) is 2.27. The molecule has 1 rings (SSSR count). The van der Waals surface area contributed by atoms with Crippen molar-refractivity contribution in [2.24, 2.45) is 0 Å². The Kier molecular flexibility index (Phi) is 3.03. The monoisotopic (exact) mass is 144 g/mol. The maximum atomic E-state index is 8.65. The van der Waals surface area contributed by atoms with E-state index in [1.807, 2.05) is 0 Å². The summed E-state index contributed by atoms with van der Waals surface area (Å²) in [4.78, 5) is 0. The van der Waals surface area contributed by atoms with Crippen molar-refractivity contribution in [1.29, 1.82) is 0 Å². The lowest BCUT2D eigenvalue weighted by atomic mass is 10.3. The van der Waals surface area contributed by atoms with Crippen molar-refractivity contribution >= 4 is 9.90 Å². The van der Waals surface area contributed by atoms with Crippen LogP contribution >= 0.6 is 9.90 Å². The summed E-state index contributed by atoms with van der Waals surface area (Å²) < 4.78 is 0. The third kappa shape index (κ3) is 2.34. The fraction of sp³-hybridized carbons (Fsp3) is 0. The molecule has 2 N–H and O–H groups in total. The molecule has 50 valence electrons. The van der Waals surface area contributed by atoms with Gasteiger partial charge in [0.05, 0.1) is 0 Å². The Labute approximate surface area is 56.8 Å². The number of hydrogen-bond donors (Lipinski definition) is 2. The number of aromatic hydroxyl groups is 2. The van der Waals surface area contributed by atoms with E-state index >= 15 is 0 Å². The average Bonchev–Trinajstić information content (AvgIpc) is 1.77. The number of hydrogen-bond acceptors (Lipinski definition) is 2. The van der Waals surface area contributed by atoms with E-state index in [4.69, 9.17) is 10.2 Å². The SMILES string of the molecule is Oc1ccc(O)cc1.P. The maximum Gasteiger partial charge on any atom is 0.115 e. The van der Waals surface area contributed by atoms with Crippen molar-refractivity contribution < 1.29 is 10.2 Å². The Bertz CT molecular complexity index is 150. The van der Waals surface area contributed by atoms with E-state index in [9.17, 15) is 0 Å². The summed E-state index contributed by atoms with van der Waals surface area (Å²) in [5, 5.41) is 17.3. The van der Waals surface area contributed by atoms with Crippen molar-refractivity contribution in [2.45, 2.75) is 0 Å². The minimum Gasteiger partial charge on any atom is -0.508 e. The summed E-state index contributed by atoms with van der Waals surface area (Å²) in [6, 6.07) is 5.70. The Morgan fingerprint density at radius 1 is 0.778 bits per heavy atom. The van der Waals surface area contributed by atoms with Gasteiger partial charge in [-0.15, -0.1) is 0 Å². The van der Waals surface area contributed by atoms with Crippen LogP contribution < -0.4 is 0 Å². The summed E-state index contributed by atoms with van der Waals surface area (Å²) in [5.41, 5.74) is 0. The highest BCUT2D eigenvalue weighted by Crippen LogP contribution is 2.13. The van der Waals surface area contributed by atoms with Gasteiger partial charge < -0.3 is 10.2 Å². The summed E-state index contributed by atoms with van der Waals surface area (Å²) in [7, 11) is 0. The van der Waals surface area contributed by atoms with Crippen LogP contribution in [0, 0.1) is 0 Å². The van der Waals surface area contributed by atoms with E-state index in [0.717, 1.165) is 0 Å². The van der Waals surface area contributed by atoms with Crippen LogP contribution in [0.1, 0.15) is 0 Å². The van der Waals surface area contributed by atoms with Gasteiger partial charge in [-0.2, -0.15) is 9.90 Å². The summed E-state index contributed by atoms with van der Waals surface area (Å²) in [6.07, 6.45) is 0. The molecular weight excluding hydrogens is 135 g/mol. The second kappa shape index (κ2) is 3.31. The second-order valence-corrected chi connectivity index (χ2v) is 1.52. The Balaban J connectivity index is 0.000000640. The molecule has 0 aliphatic heterocycles. The lowest BCUT2D eigenvalue weighted by Gasteiger charge is -1.88. The average molecular weight is 144 g/mol. The molecule has 0 spiro atoms. The van der Waals surface area contributed by atoms with Gasteiger partial charge in [0.1, 0.15) is 11.5 Å². The van der Waals surface area contributed by atoms with Crippen LogP contribution in [-0.4, -0.2) is 10.2 Å². The highest BCUT2D eigenvalue weighted by atomic mass is 31.0. The molecular formula is C6H9O2P. The van der Waals surface area contributed by atoms with Gasteiger partial charge in [0.25, 0.3) is 0 Å². The van der Waals surface area contributed by atoms with Crippen molar-refractivity contribution in [2.75, 3.05) is 0 Å². The Morgan fingerprint density at radius 2 is 1.00 bits per heavy atom. The van der Waals surface area contributed by atoms with Crippen molar-refractivity contribution in [3.05, 3.63) is 24.3 Å². The third-order valence-electron chi connectivity index (χ3n) is 0.850. The fourth-order valence-electron chi connectivity index (χ4n) is 0.453. The van der Waals surface area contributed by atoms with Gasteiger partial charge in [0.15, 0.2) is 0 Å². The van der Waals surface area contributed by atoms with Crippen molar-refractivity contribution in [1.82, 2.24) is 0 Å². The van der Waals surface area contributed by atoms with Gasteiger partial charge in [0, 0.05) is 0 Å². The van der Waals surface area contributed by atoms with Gasteiger partial charge >= 0.3 is 0 Å². The van der Waals surface area contributed by atoms with E-state index < -0.39 is 0 Å². The number of rotatable bonds is 0. The Hall–Kier alpha value is -0.750. The molecule has 0 bridgehead atoms. The zero-order valence-electron chi connectivity index (χ0n) is 4.91. The van der Waals surface area contributed by atoms with Crippen LogP contribution in [0.3, 0.4) is 0 Å². The largest absolute Gasteiger partial charge is 0.508 e. The quantitative estimate of drug-likeness (QED) is 0.423. The predicted octanol–water partition coefficient (Wildman–Crippen LogP) is 1.16. The zero-order chi connectivity index (χ0) is 5.98. The minimum atomic E-state index is 0. The molecule has 0 aromatic heterocycles. The molecule has 0 amide bonds. The summed E-state index contributed by atoms with van der Waals surface area (Å²) in [5.74, 6) is 0.339. The van der Waals surface area contributed by atoms with Gasteiger partial charge in [-0.1, -0.05) is 0 Å². The van der Waals surface area contributed by atoms with Crippen molar-refractivity contribution in [3.8, 4) is 11.5 Å². The first-order chi connectivity index (χ1) is 3.79. The summed E-state index contributed by atoms with van der Waals surface area (Å²) in [6.45, 7) is 0. The molecule has 0 radical (unpaired) electrons. The van der Waals surface area contributed by atoms with Crippen LogP contribution in [0.4, 0.5) is 0 Å². The number of phenolic OH excluding ortho intramolecular Hbond substituents is 2. The molecule has 0 saturated carbocycles. The van der Waals surface area contributed by atoms with Gasteiger partial charge in [-0.05, 0) is 24.3 Å². The summed E-state index contributed by atoms with van der Waals surface area (Å²) >= 11 is 0. The number of benzene rings is 1. The van der Waals surface area contributed by atoms with Crippen LogP contribution in [0.5, 0.6) is 11.5 Å². The first-order valence-electron chi connectivity index (χ1n) is 2.27. The molecule has 0 fully saturated rings. The molecule has 1 aromatic carbocycles. The van der Waals surface area contributed by atoms with E-state index in [-0.39, 0.29) is 21.4 Å². The van der Waals surface area contributed by atoms with Crippen LogP contribution in [-0.2, 0) is 0 Å². The zero-order valence-corrected chi connectivity index (χ0v) is 6.33. The first kappa shape index (κ1) is 8.25. The highest BCUT2D eigenvalue weighted by Gasteiger charge is 1.84. The second-order valence-electron chi connectivity index (χ2n) is 1.52. The molecule has 1 unspecified atom stereocenters. The van der Waals surface area contributed by atoms with Crippen LogP contribution in [0.2, 0.25) is 0 Å². The van der Waals surface area contributed by atoms with Crippen molar-refractivity contribution in [3.63, 3.8) is 0 Å². The molecule has 0 saturated heterocycles. The molecule has 0 aliphatic rings. The molecule has 2 nitrogen and oxygen atoms in total. The molecule has 3 heteroatoms. The smallest absolute Gasteiger partial charge is 0.115 e. The topological polar surface area (TPSA) is 40.5 Å². The van der Waals surface area contributed by atoms with Gasteiger partial charge in [0.2, 0.25) is 0 Å². The van der Waals surface area contributed by atoms with E-state index in [2.05, 4.69) is 0 Å². The Morgan fingerprint density at radius 3 is 1.22 bits per heavy atom. The molecule has 9 heavy (non-hydrogen) atoms. The van der Waals surface area contributed by atoms with E-state index in [0.29, 0.717) is 0 Å². The molecule has 1 aromatic rings. The third-order valence-corrected chi connectivity index (χ3v) is 0.850. The number of phenols is 2. The standard InChI is InChI=1S/C6H6O2.H3P/c7-5-1-2-6(8)4-3-5;/h1-4,7-8H;1H3.